The molecular formula is C9H18ClF2N. The summed E-state index contributed by atoms with van der Waals surface area (Å²) in [5, 5.41) is 0. The number of hydrogen-bond donors (Lipinski definition) is 1. The van der Waals surface area contributed by atoms with E-state index >= 15 is 0 Å². The van der Waals surface area contributed by atoms with E-state index in [1.54, 1.807) is 0 Å². The minimum absolute atomic E-state index is 0. The average Bonchev–Trinajstić information content (AvgIpc) is 1.93. The van der Waals surface area contributed by atoms with Crippen molar-refractivity contribution in [2.24, 2.45) is 11.7 Å². The standard InChI is InChI=1S/C9H17F2N.ClH/c1-7(12)6-8-2-4-9(10,11)5-3-8;/h7-8H,2-6,12H2,1H3;1H. The van der Waals surface area contributed by atoms with E-state index in [2.05, 4.69) is 0 Å². The Morgan fingerprint density at radius 2 is 1.85 bits per heavy atom. The van der Waals surface area contributed by atoms with Crippen molar-refractivity contribution < 1.29 is 8.78 Å². The van der Waals surface area contributed by atoms with Crippen molar-refractivity contribution >= 4 is 12.4 Å². The molecule has 0 aromatic heterocycles. The van der Waals surface area contributed by atoms with Gasteiger partial charge in [-0.25, -0.2) is 8.78 Å². The maximum atomic E-state index is 12.7. The zero-order valence-corrected chi connectivity index (χ0v) is 8.75. The van der Waals surface area contributed by atoms with Crippen molar-refractivity contribution in [3.63, 3.8) is 0 Å². The van der Waals surface area contributed by atoms with Gasteiger partial charge in [0.05, 0.1) is 0 Å². The molecule has 4 heteroatoms. The van der Waals surface area contributed by atoms with Gasteiger partial charge in [-0.05, 0) is 32.1 Å². The molecule has 1 saturated carbocycles. The van der Waals surface area contributed by atoms with Gasteiger partial charge in [0.1, 0.15) is 0 Å². The monoisotopic (exact) mass is 213 g/mol. The van der Waals surface area contributed by atoms with E-state index in [0.717, 1.165) is 6.42 Å². The summed E-state index contributed by atoms with van der Waals surface area (Å²) < 4.78 is 25.4. The maximum Gasteiger partial charge on any atom is 0.248 e. The zero-order chi connectivity index (χ0) is 9.19. The van der Waals surface area contributed by atoms with Crippen LogP contribution in [0.3, 0.4) is 0 Å². The van der Waals surface area contributed by atoms with Crippen molar-refractivity contribution in [1.82, 2.24) is 0 Å². The molecule has 0 radical (unpaired) electrons. The topological polar surface area (TPSA) is 26.0 Å². The normalized spacial score (nSPS) is 24.9. The molecule has 1 nitrogen and oxygen atoms in total. The Kier molecular flexibility index (Phi) is 5.15. The lowest BCUT2D eigenvalue weighted by molar-refractivity contribution is -0.0469. The van der Waals surface area contributed by atoms with Crippen molar-refractivity contribution in [2.45, 2.75) is 51.0 Å². The van der Waals surface area contributed by atoms with E-state index in [0.29, 0.717) is 18.8 Å². The van der Waals surface area contributed by atoms with Crippen LogP contribution in [0.4, 0.5) is 8.78 Å². The molecule has 13 heavy (non-hydrogen) atoms. The van der Waals surface area contributed by atoms with Gasteiger partial charge in [0.25, 0.3) is 0 Å². The van der Waals surface area contributed by atoms with Gasteiger partial charge in [0, 0.05) is 18.9 Å². The highest BCUT2D eigenvalue weighted by molar-refractivity contribution is 5.85. The van der Waals surface area contributed by atoms with Crippen LogP contribution in [-0.4, -0.2) is 12.0 Å². The highest BCUT2D eigenvalue weighted by atomic mass is 35.5. The summed E-state index contributed by atoms with van der Waals surface area (Å²) in [6.45, 7) is 1.94. The predicted octanol–water partition coefficient (Wildman–Crippen LogP) is 2.97. The molecule has 0 aromatic rings. The van der Waals surface area contributed by atoms with Gasteiger partial charge in [0.15, 0.2) is 0 Å². The molecule has 0 bridgehead atoms. The van der Waals surface area contributed by atoms with E-state index in [1.165, 1.54) is 0 Å². The van der Waals surface area contributed by atoms with E-state index in [-0.39, 0.29) is 31.3 Å². The van der Waals surface area contributed by atoms with Crippen LogP contribution in [0.1, 0.15) is 39.0 Å². The highest BCUT2D eigenvalue weighted by Gasteiger charge is 2.34. The Labute approximate surface area is 84.5 Å². The van der Waals surface area contributed by atoms with Gasteiger partial charge < -0.3 is 5.73 Å². The first-order valence-corrected chi connectivity index (χ1v) is 4.63. The fourth-order valence-electron chi connectivity index (χ4n) is 1.86. The number of nitrogens with two attached hydrogens (primary N) is 1. The third kappa shape index (κ3) is 4.77. The van der Waals surface area contributed by atoms with Gasteiger partial charge in [-0.1, -0.05) is 0 Å². The minimum Gasteiger partial charge on any atom is -0.328 e. The average molecular weight is 214 g/mol. The van der Waals surface area contributed by atoms with Gasteiger partial charge in [0.2, 0.25) is 5.92 Å². The van der Waals surface area contributed by atoms with Crippen LogP contribution in [0.25, 0.3) is 0 Å². The lowest BCUT2D eigenvalue weighted by Crippen LogP contribution is -2.28. The minimum atomic E-state index is -2.39. The van der Waals surface area contributed by atoms with Crippen molar-refractivity contribution in [3.05, 3.63) is 0 Å². The highest BCUT2D eigenvalue weighted by Crippen LogP contribution is 2.37. The van der Waals surface area contributed by atoms with Crippen LogP contribution in [0.5, 0.6) is 0 Å². The van der Waals surface area contributed by atoms with Gasteiger partial charge in [-0.2, -0.15) is 0 Å². The van der Waals surface area contributed by atoms with Crippen LogP contribution in [0, 0.1) is 5.92 Å². The molecule has 1 atom stereocenters. The number of halogens is 3. The SMILES string of the molecule is CC(N)CC1CCC(F)(F)CC1.Cl. The van der Waals surface area contributed by atoms with E-state index in [4.69, 9.17) is 5.73 Å². The Hall–Kier alpha value is 0.110. The Balaban J connectivity index is 0.00000144. The maximum absolute atomic E-state index is 12.7. The summed E-state index contributed by atoms with van der Waals surface area (Å²) in [5.41, 5.74) is 5.60. The molecular weight excluding hydrogens is 196 g/mol. The second-order valence-electron chi connectivity index (χ2n) is 4.01. The first kappa shape index (κ1) is 13.1. The predicted molar refractivity (Wildman–Crippen MR) is 52.4 cm³/mol. The summed E-state index contributed by atoms with van der Waals surface area (Å²) in [7, 11) is 0. The molecule has 80 valence electrons. The summed E-state index contributed by atoms with van der Waals surface area (Å²) in [4.78, 5) is 0. The Bertz CT molecular complexity index is 141. The Morgan fingerprint density at radius 3 is 2.23 bits per heavy atom. The van der Waals surface area contributed by atoms with Crippen LogP contribution in [-0.2, 0) is 0 Å². The fourth-order valence-corrected chi connectivity index (χ4v) is 1.86. The summed E-state index contributed by atoms with van der Waals surface area (Å²) in [5.74, 6) is -1.96. The van der Waals surface area contributed by atoms with Crippen LogP contribution < -0.4 is 5.73 Å². The Morgan fingerprint density at radius 1 is 1.38 bits per heavy atom. The number of alkyl halides is 2. The molecule has 1 aliphatic carbocycles. The molecule has 0 spiro atoms. The molecule has 1 fully saturated rings. The van der Waals surface area contributed by atoms with Crippen molar-refractivity contribution in [1.29, 1.82) is 0 Å². The molecule has 0 aliphatic heterocycles. The summed E-state index contributed by atoms with van der Waals surface area (Å²) >= 11 is 0. The largest absolute Gasteiger partial charge is 0.328 e. The second kappa shape index (κ2) is 5.11. The van der Waals surface area contributed by atoms with E-state index < -0.39 is 5.92 Å². The molecule has 1 rings (SSSR count). The lowest BCUT2D eigenvalue weighted by atomic mass is 9.83. The van der Waals surface area contributed by atoms with Gasteiger partial charge >= 0.3 is 0 Å². The summed E-state index contributed by atoms with van der Waals surface area (Å²) in [6, 6.07) is 0.154. The van der Waals surface area contributed by atoms with E-state index in [1.807, 2.05) is 6.92 Å². The smallest absolute Gasteiger partial charge is 0.248 e. The van der Waals surface area contributed by atoms with Gasteiger partial charge in [-0.3, -0.25) is 0 Å². The molecule has 0 aromatic carbocycles. The van der Waals surface area contributed by atoms with Crippen LogP contribution >= 0.6 is 12.4 Å². The van der Waals surface area contributed by atoms with Crippen LogP contribution in [0.2, 0.25) is 0 Å². The third-order valence-corrected chi connectivity index (χ3v) is 2.54. The summed E-state index contributed by atoms with van der Waals surface area (Å²) in [6.07, 6.45) is 2.31. The van der Waals surface area contributed by atoms with E-state index in [9.17, 15) is 8.78 Å². The lowest BCUT2D eigenvalue weighted by Gasteiger charge is -2.28. The quantitative estimate of drug-likeness (QED) is 0.750. The second-order valence-corrected chi connectivity index (χ2v) is 4.01. The molecule has 0 amide bonds. The molecule has 0 saturated heterocycles. The van der Waals surface area contributed by atoms with Crippen molar-refractivity contribution in [2.75, 3.05) is 0 Å². The molecule has 2 N–H and O–H groups in total. The molecule has 0 heterocycles. The van der Waals surface area contributed by atoms with Crippen LogP contribution in [0.15, 0.2) is 0 Å². The molecule has 1 aliphatic rings. The first-order chi connectivity index (χ1) is 5.49. The number of rotatable bonds is 2. The first-order valence-electron chi connectivity index (χ1n) is 4.63. The van der Waals surface area contributed by atoms with Gasteiger partial charge in [-0.15, -0.1) is 12.4 Å². The number of hydrogen-bond acceptors (Lipinski definition) is 1. The van der Waals surface area contributed by atoms with Crippen molar-refractivity contribution in [3.8, 4) is 0 Å². The zero-order valence-electron chi connectivity index (χ0n) is 7.93. The molecule has 1 unspecified atom stereocenters. The fraction of sp³-hybridized carbons (Fsp3) is 1.00. The third-order valence-electron chi connectivity index (χ3n) is 2.54.